The quantitative estimate of drug-likeness (QED) is 0.487. The van der Waals surface area contributed by atoms with Gasteiger partial charge in [0.15, 0.2) is 0 Å². The zero-order valence-corrected chi connectivity index (χ0v) is 12.7. The summed E-state index contributed by atoms with van der Waals surface area (Å²) >= 11 is 0. The van der Waals surface area contributed by atoms with E-state index in [-0.39, 0.29) is 6.04 Å². The van der Waals surface area contributed by atoms with E-state index in [9.17, 15) is 0 Å². The lowest BCUT2D eigenvalue weighted by Gasteiger charge is -2.32. The molecule has 2 aliphatic rings. The van der Waals surface area contributed by atoms with Crippen molar-refractivity contribution in [2.75, 3.05) is 33.2 Å². The van der Waals surface area contributed by atoms with Gasteiger partial charge >= 0.3 is 0 Å². The molecular formula is C16H23N5. The van der Waals surface area contributed by atoms with Crippen molar-refractivity contribution in [3.05, 3.63) is 45.3 Å². The van der Waals surface area contributed by atoms with Gasteiger partial charge in [0.2, 0.25) is 0 Å². The number of nitrogens with zero attached hydrogens (tertiary/aromatic N) is 5. The first-order valence-electron chi connectivity index (χ1n) is 7.83. The van der Waals surface area contributed by atoms with Crippen LogP contribution in [-0.4, -0.2) is 43.0 Å². The number of aryl methyl sites for hydroxylation is 1. The number of azide groups is 1. The Bertz CT molecular complexity index is 542. The van der Waals surface area contributed by atoms with E-state index in [1.54, 1.807) is 0 Å². The first kappa shape index (κ1) is 14.4. The van der Waals surface area contributed by atoms with Crippen molar-refractivity contribution in [3.63, 3.8) is 0 Å². The second-order valence-electron chi connectivity index (χ2n) is 6.23. The van der Waals surface area contributed by atoms with Gasteiger partial charge in [-0.15, -0.1) is 0 Å². The highest BCUT2D eigenvalue weighted by atomic mass is 15.2. The smallest absolute Gasteiger partial charge is 0.0628 e. The maximum absolute atomic E-state index is 8.68. The second kappa shape index (κ2) is 6.48. The lowest BCUT2D eigenvalue weighted by atomic mass is 9.87. The standard InChI is InChI=1S/C16H23N5/c1-20-7-9-21(10-8-20)12-13-5-6-15-14(11-13)3-2-4-16(15)18-19-17/h5-6,11,16H,2-4,7-10,12H2,1H3/t16-/m1/s1. The van der Waals surface area contributed by atoms with Crippen molar-refractivity contribution in [2.45, 2.75) is 31.8 Å². The van der Waals surface area contributed by atoms with Crippen LogP contribution in [-0.2, 0) is 13.0 Å². The summed E-state index contributed by atoms with van der Waals surface area (Å²) in [7, 11) is 2.19. The number of hydrogen-bond acceptors (Lipinski definition) is 3. The van der Waals surface area contributed by atoms with E-state index in [4.69, 9.17) is 5.53 Å². The van der Waals surface area contributed by atoms with Gasteiger partial charge in [0, 0.05) is 37.6 Å². The van der Waals surface area contributed by atoms with Crippen molar-refractivity contribution in [2.24, 2.45) is 5.11 Å². The third-order valence-corrected chi connectivity index (χ3v) is 4.68. The number of benzene rings is 1. The average molecular weight is 285 g/mol. The van der Waals surface area contributed by atoms with Crippen LogP contribution in [0.1, 0.15) is 35.6 Å². The van der Waals surface area contributed by atoms with Crippen LogP contribution in [0.15, 0.2) is 23.3 Å². The summed E-state index contributed by atoms with van der Waals surface area (Å²) < 4.78 is 0. The molecule has 0 unspecified atom stereocenters. The fourth-order valence-corrected chi connectivity index (χ4v) is 3.39. The molecule has 1 aliphatic heterocycles. The molecule has 0 bridgehead atoms. The van der Waals surface area contributed by atoms with Gasteiger partial charge in [-0.25, -0.2) is 0 Å². The summed E-state index contributed by atoms with van der Waals surface area (Å²) in [5.74, 6) is 0. The Morgan fingerprint density at radius 1 is 1.29 bits per heavy atom. The van der Waals surface area contributed by atoms with Crippen LogP contribution in [0.25, 0.3) is 10.4 Å². The maximum atomic E-state index is 8.68. The second-order valence-corrected chi connectivity index (χ2v) is 6.23. The Hall–Kier alpha value is -1.55. The largest absolute Gasteiger partial charge is 0.304 e. The monoisotopic (exact) mass is 285 g/mol. The molecule has 0 aromatic heterocycles. The van der Waals surface area contributed by atoms with Crippen LogP contribution in [0.2, 0.25) is 0 Å². The van der Waals surface area contributed by atoms with Crippen LogP contribution in [0.3, 0.4) is 0 Å². The SMILES string of the molecule is CN1CCN(Cc2ccc3c(c2)CCC[C@H]3N=[N+]=[N-])CC1. The predicted molar refractivity (Wildman–Crippen MR) is 84.0 cm³/mol. The van der Waals surface area contributed by atoms with Gasteiger partial charge in [-0.3, -0.25) is 4.90 Å². The van der Waals surface area contributed by atoms with E-state index < -0.39 is 0 Å². The fourth-order valence-electron chi connectivity index (χ4n) is 3.39. The molecule has 0 saturated carbocycles. The molecule has 112 valence electrons. The number of hydrogen-bond donors (Lipinski definition) is 0. The van der Waals surface area contributed by atoms with Gasteiger partial charge in [0.1, 0.15) is 0 Å². The normalized spacial score (nSPS) is 23.4. The zero-order chi connectivity index (χ0) is 14.7. The molecule has 0 amide bonds. The van der Waals surface area contributed by atoms with Crippen LogP contribution < -0.4 is 0 Å². The highest BCUT2D eigenvalue weighted by Gasteiger charge is 2.20. The van der Waals surface area contributed by atoms with Crippen LogP contribution >= 0.6 is 0 Å². The van der Waals surface area contributed by atoms with E-state index in [0.717, 1.165) is 52.0 Å². The molecule has 1 atom stereocenters. The van der Waals surface area contributed by atoms with Crippen molar-refractivity contribution in [1.82, 2.24) is 9.80 Å². The van der Waals surface area contributed by atoms with Gasteiger partial charge in [-0.2, -0.15) is 0 Å². The summed E-state index contributed by atoms with van der Waals surface area (Å²) in [6, 6.07) is 6.75. The summed E-state index contributed by atoms with van der Waals surface area (Å²) in [6.07, 6.45) is 3.22. The molecule has 1 aromatic carbocycles. The Labute approximate surface area is 126 Å². The van der Waals surface area contributed by atoms with Crippen molar-refractivity contribution >= 4 is 0 Å². The first-order valence-corrected chi connectivity index (χ1v) is 7.83. The maximum Gasteiger partial charge on any atom is 0.0628 e. The molecule has 5 heteroatoms. The molecule has 0 spiro atoms. The van der Waals surface area contributed by atoms with E-state index >= 15 is 0 Å². The number of rotatable bonds is 3. The van der Waals surface area contributed by atoms with Crippen molar-refractivity contribution in [1.29, 1.82) is 0 Å². The van der Waals surface area contributed by atoms with Crippen molar-refractivity contribution in [3.8, 4) is 0 Å². The Morgan fingerprint density at radius 2 is 2.10 bits per heavy atom. The molecule has 21 heavy (non-hydrogen) atoms. The molecule has 0 N–H and O–H groups in total. The molecule has 3 rings (SSSR count). The minimum atomic E-state index is 0.0384. The zero-order valence-electron chi connectivity index (χ0n) is 12.7. The van der Waals surface area contributed by atoms with E-state index in [1.165, 1.54) is 16.7 Å². The Kier molecular flexibility index (Phi) is 4.44. The van der Waals surface area contributed by atoms with Gasteiger partial charge in [0.25, 0.3) is 0 Å². The molecule has 5 nitrogen and oxygen atoms in total. The highest BCUT2D eigenvalue weighted by molar-refractivity contribution is 5.36. The molecule has 1 saturated heterocycles. The summed E-state index contributed by atoms with van der Waals surface area (Å²) in [5.41, 5.74) is 12.7. The molecular weight excluding hydrogens is 262 g/mol. The summed E-state index contributed by atoms with van der Waals surface area (Å²) in [6.45, 7) is 5.64. The van der Waals surface area contributed by atoms with Crippen LogP contribution in [0.5, 0.6) is 0 Å². The van der Waals surface area contributed by atoms with Gasteiger partial charge in [-0.1, -0.05) is 23.3 Å². The summed E-state index contributed by atoms with van der Waals surface area (Å²) in [4.78, 5) is 7.90. The fraction of sp³-hybridized carbons (Fsp3) is 0.625. The minimum Gasteiger partial charge on any atom is -0.304 e. The molecule has 1 aliphatic carbocycles. The first-order chi connectivity index (χ1) is 10.3. The summed E-state index contributed by atoms with van der Waals surface area (Å²) in [5, 5.41) is 3.94. The van der Waals surface area contributed by atoms with Crippen LogP contribution in [0.4, 0.5) is 0 Å². The van der Waals surface area contributed by atoms with Crippen LogP contribution in [0, 0.1) is 0 Å². The lowest BCUT2D eigenvalue weighted by molar-refractivity contribution is 0.148. The molecule has 1 fully saturated rings. The van der Waals surface area contributed by atoms with Gasteiger partial charge in [-0.05, 0) is 48.5 Å². The molecule has 1 heterocycles. The third kappa shape index (κ3) is 3.38. The Balaban J connectivity index is 1.72. The van der Waals surface area contributed by atoms with E-state index in [2.05, 4.69) is 45.1 Å². The highest BCUT2D eigenvalue weighted by Crippen LogP contribution is 2.33. The van der Waals surface area contributed by atoms with Gasteiger partial charge in [0.05, 0.1) is 6.04 Å². The molecule has 1 aromatic rings. The number of fused-ring (bicyclic) bond motifs is 1. The topological polar surface area (TPSA) is 55.2 Å². The predicted octanol–water partition coefficient (Wildman–Crippen LogP) is 3.12. The van der Waals surface area contributed by atoms with E-state index in [1.807, 2.05) is 0 Å². The van der Waals surface area contributed by atoms with Crippen molar-refractivity contribution < 1.29 is 0 Å². The average Bonchev–Trinajstić information content (AvgIpc) is 2.50. The number of likely N-dealkylation sites (N-methyl/N-ethyl adjacent to an activating group) is 1. The number of piperazine rings is 1. The van der Waals surface area contributed by atoms with Gasteiger partial charge < -0.3 is 4.90 Å². The molecule has 0 radical (unpaired) electrons. The Morgan fingerprint density at radius 3 is 2.86 bits per heavy atom. The minimum absolute atomic E-state index is 0.0384. The lowest BCUT2D eigenvalue weighted by Crippen LogP contribution is -2.43. The van der Waals surface area contributed by atoms with E-state index in [0.29, 0.717) is 0 Å². The third-order valence-electron chi connectivity index (χ3n) is 4.68.